The molecule has 3 aromatic rings. The van der Waals surface area contributed by atoms with Crippen LogP contribution in [0.25, 0.3) is 0 Å². The Labute approximate surface area is 265 Å². The van der Waals surface area contributed by atoms with Crippen LogP contribution in [0, 0.1) is 0 Å². The fourth-order valence-electron chi connectivity index (χ4n) is 5.98. The normalized spacial score (nSPS) is 18.6. The molecule has 1 fully saturated rings. The van der Waals surface area contributed by atoms with Gasteiger partial charge in [-0.2, -0.15) is 26.3 Å². The summed E-state index contributed by atoms with van der Waals surface area (Å²) in [5.74, 6) is -3.26. The second kappa shape index (κ2) is 13.1. The SMILES string of the molecule is CC(=O)N1CCN(C(=O)CCN2C(=O)c3ccccc3C(C(=O)NCc3ccco3)C2c2cc(C(F)(F)F)cc(C(F)(F)F)c2)CC1. The van der Waals surface area contributed by atoms with Gasteiger partial charge in [0.25, 0.3) is 5.91 Å². The van der Waals surface area contributed by atoms with Crippen molar-refractivity contribution in [1.82, 2.24) is 20.0 Å². The Balaban J connectivity index is 1.57. The Bertz CT molecular complexity index is 1620. The lowest BCUT2D eigenvalue weighted by molar-refractivity contribution is -0.143. The highest BCUT2D eigenvalue weighted by Gasteiger charge is 2.46. The number of carbonyl (C=O) groups excluding carboxylic acids is 4. The number of piperazine rings is 1. The van der Waals surface area contributed by atoms with Gasteiger partial charge in [-0.1, -0.05) is 18.2 Å². The Morgan fingerprint density at radius 3 is 2.06 bits per heavy atom. The largest absolute Gasteiger partial charge is 0.467 e. The van der Waals surface area contributed by atoms with Crippen molar-refractivity contribution in [2.24, 2.45) is 0 Å². The maximum Gasteiger partial charge on any atom is 0.416 e. The predicted octanol–water partition coefficient (Wildman–Crippen LogP) is 5.00. The van der Waals surface area contributed by atoms with Gasteiger partial charge < -0.3 is 24.4 Å². The smallest absolute Gasteiger partial charge is 0.416 e. The van der Waals surface area contributed by atoms with Gasteiger partial charge in [-0.15, -0.1) is 0 Å². The van der Waals surface area contributed by atoms with Gasteiger partial charge in [0.1, 0.15) is 5.76 Å². The van der Waals surface area contributed by atoms with E-state index in [2.05, 4.69) is 5.32 Å². The summed E-state index contributed by atoms with van der Waals surface area (Å²) < 4.78 is 89.1. The third kappa shape index (κ3) is 7.28. The van der Waals surface area contributed by atoms with E-state index in [-0.39, 0.29) is 62.2 Å². The molecule has 2 aromatic carbocycles. The highest BCUT2D eigenvalue weighted by atomic mass is 19.4. The molecule has 0 saturated carbocycles. The number of nitrogens with one attached hydrogen (secondary N) is 1. The molecule has 5 rings (SSSR count). The molecule has 2 unspecified atom stereocenters. The second-order valence-electron chi connectivity index (χ2n) is 11.3. The molecular formula is C32H30F6N4O5. The molecule has 47 heavy (non-hydrogen) atoms. The Kier molecular flexibility index (Phi) is 9.36. The summed E-state index contributed by atoms with van der Waals surface area (Å²) in [6.07, 6.45) is -9.35. The molecule has 0 bridgehead atoms. The first-order valence-corrected chi connectivity index (χ1v) is 14.7. The van der Waals surface area contributed by atoms with Gasteiger partial charge in [0, 0.05) is 51.6 Å². The lowest BCUT2D eigenvalue weighted by Crippen LogP contribution is -2.51. The van der Waals surface area contributed by atoms with Crippen molar-refractivity contribution >= 4 is 23.6 Å². The van der Waals surface area contributed by atoms with Crippen molar-refractivity contribution < 1.29 is 49.9 Å². The van der Waals surface area contributed by atoms with Crippen LogP contribution in [0.3, 0.4) is 0 Å². The molecule has 1 saturated heterocycles. The van der Waals surface area contributed by atoms with E-state index >= 15 is 0 Å². The summed E-state index contributed by atoms with van der Waals surface area (Å²) in [4.78, 5) is 56.8. The number of hydrogen-bond acceptors (Lipinski definition) is 5. The standard InChI is InChI=1S/C32H30F6N4O5/c1-19(43)40-10-12-41(13-11-40)26(44)8-9-42-28(20-15-21(31(33,34)35)17-22(16-20)32(36,37)38)27(24-6-2-3-7-25(24)30(42)46)29(45)39-18-23-5-4-14-47-23/h2-7,14-17,27-28H,8-13,18H2,1H3,(H,39,45). The van der Waals surface area contributed by atoms with Crippen molar-refractivity contribution in [1.29, 1.82) is 0 Å². The number of benzene rings is 2. The number of rotatable bonds is 7. The van der Waals surface area contributed by atoms with Crippen molar-refractivity contribution in [3.8, 4) is 0 Å². The number of amides is 4. The number of carbonyl (C=O) groups is 4. The van der Waals surface area contributed by atoms with Crippen LogP contribution in [0.15, 0.2) is 65.3 Å². The average molecular weight is 665 g/mol. The first-order valence-electron chi connectivity index (χ1n) is 14.7. The van der Waals surface area contributed by atoms with E-state index in [1.165, 1.54) is 42.4 Å². The van der Waals surface area contributed by atoms with E-state index in [9.17, 15) is 45.5 Å². The van der Waals surface area contributed by atoms with Gasteiger partial charge in [-0.25, -0.2) is 0 Å². The minimum absolute atomic E-state index is 0.0208. The molecule has 2 aliphatic rings. The van der Waals surface area contributed by atoms with Crippen LogP contribution < -0.4 is 5.32 Å². The van der Waals surface area contributed by atoms with E-state index in [0.29, 0.717) is 17.9 Å². The molecule has 9 nitrogen and oxygen atoms in total. The molecule has 2 atom stereocenters. The molecule has 0 radical (unpaired) electrons. The molecule has 2 aliphatic heterocycles. The van der Waals surface area contributed by atoms with Crippen molar-refractivity contribution in [2.75, 3.05) is 32.7 Å². The minimum atomic E-state index is -5.19. The maximum atomic E-state index is 14.0. The zero-order chi connectivity index (χ0) is 34.1. The van der Waals surface area contributed by atoms with Crippen LogP contribution in [0.5, 0.6) is 0 Å². The number of alkyl halides is 6. The first-order chi connectivity index (χ1) is 22.1. The zero-order valence-corrected chi connectivity index (χ0v) is 25.0. The summed E-state index contributed by atoms with van der Waals surface area (Å²) >= 11 is 0. The Morgan fingerprint density at radius 2 is 1.49 bits per heavy atom. The molecule has 0 spiro atoms. The van der Waals surface area contributed by atoms with Crippen molar-refractivity contribution in [3.05, 3.63) is 94.4 Å². The van der Waals surface area contributed by atoms with Gasteiger partial charge in [-0.3, -0.25) is 19.2 Å². The monoisotopic (exact) mass is 664 g/mol. The van der Waals surface area contributed by atoms with Gasteiger partial charge in [-0.05, 0) is 47.5 Å². The predicted molar refractivity (Wildman–Crippen MR) is 153 cm³/mol. The fraction of sp³-hybridized carbons (Fsp3) is 0.375. The van der Waals surface area contributed by atoms with Crippen molar-refractivity contribution in [2.45, 2.75) is 44.2 Å². The molecule has 15 heteroatoms. The summed E-state index contributed by atoms with van der Waals surface area (Å²) in [6.45, 7) is 1.81. The lowest BCUT2D eigenvalue weighted by Gasteiger charge is -2.42. The van der Waals surface area contributed by atoms with Crippen LogP contribution in [-0.2, 0) is 33.3 Å². The maximum absolute atomic E-state index is 14.0. The number of halogens is 6. The van der Waals surface area contributed by atoms with E-state index < -0.39 is 65.3 Å². The van der Waals surface area contributed by atoms with Crippen LogP contribution in [0.4, 0.5) is 26.3 Å². The topological polar surface area (TPSA) is 103 Å². The highest BCUT2D eigenvalue weighted by molar-refractivity contribution is 6.01. The third-order valence-electron chi connectivity index (χ3n) is 8.33. The summed E-state index contributed by atoms with van der Waals surface area (Å²) in [5, 5.41) is 2.63. The fourth-order valence-corrected chi connectivity index (χ4v) is 5.98. The van der Waals surface area contributed by atoms with Crippen LogP contribution in [0.1, 0.15) is 63.7 Å². The van der Waals surface area contributed by atoms with E-state index in [1.807, 2.05) is 0 Å². The highest BCUT2D eigenvalue weighted by Crippen LogP contribution is 2.46. The summed E-state index contributed by atoms with van der Waals surface area (Å²) in [6, 6.07) is 8.31. The number of hydrogen-bond donors (Lipinski definition) is 1. The minimum Gasteiger partial charge on any atom is -0.467 e. The summed E-state index contributed by atoms with van der Waals surface area (Å²) in [7, 11) is 0. The summed E-state index contributed by atoms with van der Waals surface area (Å²) in [5.41, 5.74) is -3.66. The second-order valence-corrected chi connectivity index (χ2v) is 11.3. The third-order valence-corrected chi connectivity index (χ3v) is 8.33. The Hall–Kier alpha value is -4.82. The molecule has 1 aromatic heterocycles. The molecule has 3 heterocycles. The van der Waals surface area contributed by atoms with E-state index in [1.54, 1.807) is 17.0 Å². The van der Waals surface area contributed by atoms with Crippen LogP contribution >= 0.6 is 0 Å². The van der Waals surface area contributed by atoms with Gasteiger partial charge in [0.15, 0.2) is 0 Å². The molecule has 250 valence electrons. The number of furan rings is 1. The van der Waals surface area contributed by atoms with Gasteiger partial charge in [0.2, 0.25) is 17.7 Å². The zero-order valence-electron chi connectivity index (χ0n) is 25.0. The van der Waals surface area contributed by atoms with Crippen molar-refractivity contribution in [3.63, 3.8) is 0 Å². The molecule has 1 N–H and O–H groups in total. The Morgan fingerprint density at radius 1 is 0.872 bits per heavy atom. The molecule has 4 amide bonds. The van der Waals surface area contributed by atoms with E-state index in [4.69, 9.17) is 4.42 Å². The van der Waals surface area contributed by atoms with Crippen LogP contribution in [-0.4, -0.2) is 71.1 Å². The molecular weight excluding hydrogens is 634 g/mol. The average Bonchev–Trinajstić information content (AvgIpc) is 3.56. The lowest BCUT2D eigenvalue weighted by atomic mass is 9.78. The van der Waals surface area contributed by atoms with Crippen LogP contribution in [0.2, 0.25) is 0 Å². The number of nitrogens with zero attached hydrogens (tertiary/aromatic N) is 3. The van der Waals surface area contributed by atoms with Gasteiger partial charge >= 0.3 is 12.4 Å². The quantitative estimate of drug-likeness (QED) is 0.359. The van der Waals surface area contributed by atoms with E-state index in [0.717, 1.165) is 4.90 Å². The number of fused-ring (bicyclic) bond motifs is 1. The molecule has 0 aliphatic carbocycles. The first kappa shape index (κ1) is 33.5. The van der Waals surface area contributed by atoms with Gasteiger partial charge in [0.05, 0.1) is 35.9 Å².